The minimum Gasteiger partial charge on any atom is -0.503 e. The van der Waals surface area contributed by atoms with Crippen LogP contribution < -0.4 is 25.9 Å². The molecule has 2 aliphatic heterocycles. The van der Waals surface area contributed by atoms with Gasteiger partial charge in [-0.15, -0.1) is 59.6 Å². The van der Waals surface area contributed by atoms with Gasteiger partial charge >= 0.3 is 0 Å². The van der Waals surface area contributed by atoms with Gasteiger partial charge in [-0.3, -0.25) is 0 Å². The van der Waals surface area contributed by atoms with Crippen molar-refractivity contribution in [3.05, 3.63) is 139 Å². The molecule has 0 amide bonds. The van der Waals surface area contributed by atoms with Gasteiger partial charge in [0.15, 0.2) is 0 Å². The van der Waals surface area contributed by atoms with E-state index in [4.69, 9.17) is 15.0 Å². The van der Waals surface area contributed by atoms with Crippen LogP contribution in [0.2, 0.25) is 0 Å². The van der Waals surface area contributed by atoms with Gasteiger partial charge < -0.3 is 19.4 Å². The minimum atomic E-state index is -1.70. The molecule has 2 aromatic heterocycles. The van der Waals surface area contributed by atoms with Gasteiger partial charge in [-0.1, -0.05) is 54.1 Å². The van der Waals surface area contributed by atoms with Crippen molar-refractivity contribution in [3.63, 3.8) is 0 Å². The number of hydrogen-bond acceptors (Lipinski definition) is 4. The first-order valence-corrected chi connectivity index (χ1v) is 14.3. The van der Waals surface area contributed by atoms with E-state index >= 15 is 0 Å². The predicted molar refractivity (Wildman–Crippen MR) is 171 cm³/mol. The zero-order valence-electron chi connectivity index (χ0n) is 27.5. The summed E-state index contributed by atoms with van der Waals surface area (Å²) in [6, 6.07) is 41.1. The Labute approximate surface area is 277 Å². The molecular weight excluding hydrogens is 719 g/mol. The first-order valence-electron chi connectivity index (χ1n) is 16.3. The minimum absolute atomic E-state index is 0. The van der Waals surface area contributed by atoms with Crippen LogP contribution in [0, 0.1) is 12.1 Å². The molecule has 9 rings (SSSR count). The van der Waals surface area contributed by atoms with Crippen molar-refractivity contribution >= 4 is 23.1 Å². The number of nitrogens with zero attached hydrogens (tertiary/aromatic N) is 2. The Morgan fingerprint density at radius 1 is 0.682 bits per heavy atom. The number of fused-ring (bicyclic) bond motifs is 5. The zero-order valence-corrected chi connectivity index (χ0v) is 25.9. The van der Waals surface area contributed by atoms with Crippen molar-refractivity contribution in [2.45, 2.75) is 25.6 Å². The maximum atomic E-state index is 8.49. The van der Waals surface area contributed by atoms with Crippen molar-refractivity contribution in [1.82, 2.24) is 9.97 Å². The standard InChI is InChI=1S/C27H19BNO2.C11H8N.Ir/c1-3-11-21-17(7-1)15-16-22(29-21)18-8-5-10-20-27(18)31-25-14-6-13-24-26(25)28(20)19-9-2-4-12-23(19)30-24;1-2-6-10(7-3-1)11-8-4-5-9-12-11;/h2,4-6,9-10,12-16H,1,3,7,11H2;1-6,8-9H;/q2*-1;/i7D2,11D2;;. The van der Waals surface area contributed by atoms with Gasteiger partial charge in [0.25, 0.3) is 0 Å². The van der Waals surface area contributed by atoms with Crippen LogP contribution in [0.1, 0.15) is 29.6 Å². The number of hydrogen-bond donors (Lipinski definition) is 0. The number of aromatic nitrogens is 2. The summed E-state index contributed by atoms with van der Waals surface area (Å²) >= 11 is 0. The van der Waals surface area contributed by atoms with E-state index in [0.717, 1.165) is 39.1 Å². The summed E-state index contributed by atoms with van der Waals surface area (Å²) in [5, 5.41) is 0. The fourth-order valence-electron chi connectivity index (χ4n) is 5.86. The molecule has 0 saturated carbocycles. The van der Waals surface area contributed by atoms with E-state index in [-0.39, 0.29) is 45.4 Å². The van der Waals surface area contributed by atoms with Crippen LogP contribution in [0.4, 0.5) is 0 Å². The topological polar surface area (TPSA) is 44.2 Å². The van der Waals surface area contributed by atoms with E-state index in [2.05, 4.69) is 28.2 Å². The number of benzene rings is 4. The molecule has 0 fully saturated rings. The molecular formula is C38H27BIrN2O2-2. The van der Waals surface area contributed by atoms with Crippen molar-refractivity contribution in [2.75, 3.05) is 0 Å². The third-order valence-corrected chi connectivity index (χ3v) is 7.80. The average Bonchev–Trinajstić information content (AvgIpc) is 3.11. The Bertz CT molecular complexity index is 2100. The first-order chi connectivity index (χ1) is 22.8. The Morgan fingerprint density at radius 3 is 2.36 bits per heavy atom. The molecule has 3 aliphatic rings. The first kappa shape index (κ1) is 23.9. The van der Waals surface area contributed by atoms with E-state index < -0.39 is 12.7 Å². The normalized spacial score (nSPS) is 16.9. The number of ether oxygens (including phenoxy) is 2. The van der Waals surface area contributed by atoms with Gasteiger partial charge in [0.2, 0.25) is 6.71 Å². The van der Waals surface area contributed by atoms with Gasteiger partial charge in [-0.05, 0) is 72.3 Å². The molecule has 1 aliphatic carbocycles. The molecule has 215 valence electrons. The maximum Gasteiger partial charge on any atom is 0.241 e. The molecule has 0 saturated heterocycles. The summed E-state index contributed by atoms with van der Waals surface area (Å²) in [6.07, 6.45) is -1.30. The molecule has 0 unspecified atom stereocenters. The van der Waals surface area contributed by atoms with Gasteiger partial charge in [0, 0.05) is 48.7 Å². The van der Waals surface area contributed by atoms with E-state index in [1.54, 1.807) is 18.3 Å². The molecule has 4 heterocycles. The summed E-state index contributed by atoms with van der Waals surface area (Å²) in [6.45, 7) is -0.0820. The quantitative estimate of drug-likeness (QED) is 0.146. The molecule has 6 heteroatoms. The van der Waals surface area contributed by atoms with E-state index in [9.17, 15) is 0 Å². The van der Waals surface area contributed by atoms with Crippen LogP contribution in [0.3, 0.4) is 0 Å². The largest absolute Gasteiger partial charge is 0.503 e. The molecule has 6 aromatic rings. The van der Waals surface area contributed by atoms with Gasteiger partial charge in [-0.25, -0.2) is 0 Å². The third-order valence-electron chi connectivity index (χ3n) is 7.80. The maximum absolute atomic E-state index is 8.49. The predicted octanol–water partition coefficient (Wildman–Crippen LogP) is 6.70. The van der Waals surface area contributed by atoms with E-state index in [1.807, 2.05) is 91.0 Å². The van der Waals surface area contributed by atoms with Gasteiger partial charge in [0.1, 0.15) is 17.2 Å². The number of rotatable bonds is 2. The van der Waals surface area contributed by atoms with Crippen LogP contribution >= 0.6 is 0 Å². The van der Waals surface area contributed by atoms with E-state index in [1.165, 1.54) is 0 Å². The van der Waals surface area contributed by atoms with Crippen LogP contribution in [0.5, 0.6) is 23.0 Å². The Morgan fingerprint density at radius 2 is 1.50 bits per heavy atom. The van der Waals surface area contributed by atoms with Gasteiger partial charge in [0.05, 0.1) is 0 Å². The van der Waals surface area contributed by atoms with Crippen LogP contribution in [-0.4, -0.2) is 16.7 Å². The zero-order chi connectivity index (χ0) is 32.2. The second-order valence-corrected chi connectivity index (χ2v) is 10.4. The van der Waals surface area contributed by atoms with Crippen molar-refractivity contribution in [2.24, 2.45) is 0 Å². The molecule has 44 heavy (non-hydrogen) atoms. The fraction of sp³-hybridized carbons (Fsp3) is 0.105. The van der Waals surface area contributed by atoms with Crippen molar-refractivity contribution < 1.29 is 35.1 Å². The second kappa shape index (κ2) is 12.2. The third kappa shape index (κ3) is 5.15. The smallest absolute Gasteiger partial charge is 0.241 e. The summed E-state index contributed by atoms with van der Waals surface area (Å²) in [5.74, 6) is 2.92. The van der Waals surface area contributed by atoms with Crippen LogP contribution in [0.25, 0.3) is 22.5 Å². The Hall–Kier alpha value is -4.51. The molecule has 0 spiro atoms. The molecule has 4 nitrogen and oxygen atoms in total. The summed E-state index contributed by atoms with van der Waals surface area (Å²) in [7, 11) is 0. The number of para-hydroxylation sites is 1. The molecule has 0 atom stereocenters. The summed E-state index contributed by atoms with van der Waals surface area (Å²) in [4.78, 5) is 8.89. The summed E-state index contributed by atoms with van der Waals surface area (Å²) < 4.78 is 46.3. The Balaban J connectivity index is 0.000000237. The van der Waals surface area contributed by atoms with Crippen LogP contribution in [-0.2, 0) is 32.9 Å². The molecule has 0 N–H and O–H groups in total. The van der Waals surface area contributed by atoms with E-state index in [0.29, 0.717) is 28.3 Å². The SMILES string of the molecule is [2H]C1([2H])CCC([2H])([2H])c2nc(-c3[c-]ccc4c3Oc3cccc5c3B4c3ccccc3O5)ccc21.[Ir].[c-]1ccccc1-c1ccccn1. The monoisotopic (exact) mass is 751 g/mol. The van der Waals surface area contributed by atoms with Gasteiger partial charge in [-0.2, -0.15) is 0 Å². The van der Waals surface area contributed by atoms with Crippen molar-refractivity contribution in [1.29, 1.82) is 0 Å². The molecule has 0 bridgehead atoms. The molecule has 4 aromatic carbocycles. The summed E-state index contributed by atoms with van der Waals surface area (Å²) in [5.41, 5.74) is 6.64. The van der Waals surface area contributed by atoms with Crippen LogP contribution in [0.15, 0.2) is 115 Å². The number of aryl methyl sites for hydroxylation is 2. The second-order valence-electron chi connectivity index (χ2n) is 10.4. The number of pyridine rings is 2. The average molecular weight is 751 g/mol. The fourth-order valence-corrected chi connectivity index (χ4v) is 5.86. The Kier molecular flexibility index (Phi) is 6.65. The molecule has 1 radical (unpaired) electrons. The van der Waals surface area contributed by atoms with Crippen molar-refractivity contribution in [3.8, 4) is 45.5 Å².